The van der Waals surface area contributed by atoms with Crippen LogP contribution in [0, 0.1) is 17.8 Å². The minimum absolute atomic E-state index is 0.270. The lowest BCUT2D eigenvalue weighted by molar-refractivity contribution is -0.00942. The molecule has 1 aromatic heterocycles. The van der Waals surface area contributed by atoms with Crippen LogP contribution in [-0.4, -0.2) is 9.97 Å². The predicted octanol–water partition coefficient (Wildman–Crippen LogP) is 3.48. The average molecular weight is 271 g/mol. The molecule has 4 aliphatic rings. The van der Waals surface area contributed by atoms with Gasteiger partial charge < -0.3 is 5.73 Å². The van der Waals surface area contributed by atoms with E-state index in [0.29, 0.717) is 5.82 Å². The molecule has 1 aromatic rings. The van der Waals surface area contributed by atoms with Crippen molar-refractivity contribution in [3.8, 4) is 0 Å². The van der Waals surface area contributed by atoms with E-state index < -0.39 is 0 Å². The number of nitrogens with two attached hydrogens (primary N) is 1. The molecule has 4 bridgehead atoms. The molecule has 3 heteroatoms. The topological polar surface area (TPSA) is 51.8 Å². The van der Waals surface area contributed by atoms with Crippen molar-refractivity contribution in [2.45, 2.75) is 63.7 Å². The molecule has 4 saturated carbocycles. The van der Waals surface area contributed by atoms with Gasteiger partial charge in [0.2, 0.25) is 0 Å². The fourth-order valence-electron chi connectivity index (χ4n) is 5.52. The summed E-state index contributed by atoms with van der Waals surface area (Å²) < 4.78 is 0. The molecule has 0 aliphatic heterocycles. The lowest BCUT2D eigenvalue weighted by Gasteiger charge is -2.56. The highest BCUT2D eigenvalue weighted by atomic mass is 15.0. The van der Waals surface area contributed by atoms with Crippen LogP contribution < -0.4 is 5.73 Å². The van der Waals surface area contributed by atoms with Crippen molar-refractivity contribution < 1.29 is 0 Å². The van der Waals surface area contributed by atoms with Gasteiger partial charge in [-0.2, -0.15) is 0 Å². The fraction of sp³-hybridized carbons (Fsp3) is 0.765. The number of nitrogens with zero attached hydrogens (tertiary/aromatic N) is 2. The molecule has 0 aromatic carbocycles. The SMILES string of the molecule is CCCc1cc(N)nc(C23CC4CC(CC(C4)C2)C3)n1. The van der Waals surface area contributed by atoms with E-state index in [0.717, 1.165) is 42.1 Å². The summed E-state index contributed by atoms with van der Waals surface area (Å²) in [4.78, 5) is 9.59. The monoisotopic (exact) mass is 271 g/mol. The number of hydrogen-bond donors (Lipinski definition) is 1. The van der Waals surface area contributed by atoms with Crippen molar-refractivity contribution in [3.63, 3.8) is 0 Å². The molecule has 0 spiro atoms. The van der Waals surface area contributed by atoms with Gasteiger partial charge in [-0.1, -0.05) is 13.3 Å². The van der Waals surface area contributed by atoms with Crippen molar-refractivity contribution in [2.24, 2.45) is 17.8 Å². The smallest absolute Gasteiger partial charge is 0.137 e. The Bertz CT molecular complexity index is 488. The molecule has 3 nitrogen and oxygen atoms in total. The number of aryl methyl sites for hydroxylation is 1. The first-order valence-corrected chi connectivity index (χ1v) is 8.31. The van der Waals surface area contributed by atoms with Crippen LogP contribution in [0.3, 0.4) is 0 Å². The van der Waals surface area contributed by atoms with Gasteiger partial charge in [-0.3, -0.25) is 0 Å². The lowest BCUT2D eigenvalue weighted by Crippen LogP contribution is -2.49. The summed E-state index contributed by atoms with van der Waals surface area (Å²) in [5.41, 5.74) is 7.47. The van der Waals surface area contributed by atoms with E-state index in [1.54, 1.807) is 0 Å². The lowest BCUT2D eigenvalue weighted by atomic mass is 9.49. The van der Waals surface area contributed by atoms with E-state index >= 15 is 0 Å². The van der Waals surface area contributed by atoms with Crippen molar-refractivity contribution in [3.05, 3.63) is 17.6 Å². The maximum absolute atomic E-state index is 6.06. The number of aromatic nitrogens is 2. The molecule has 4 aliphatic carbocycles. The molecule has 2 N–H and O–H groups in total. The minimum Gasteiger partial charge on any atom is -0.384 e. The zero-order valence-corrected chi connectivity index (χ0v) is 12.4. The van der Waals surface area contributed by atoms with E-state index in [-0.39, 0.29) is 5.41 Å². The molecule has 0 saturated heterocycles. The zero-order valence-electron chi connectivity index (χ0n) is 12.4. The second-order valence-electron chi connectivity index (χ2n) is 7.56. The van der Waals surface area contributed by atoms with Gasteiger partial charge in [0.15, 0.2) is 0 Å². The minimum atomic E-state index is 0.270. The highest BCUT2D eigenvalue weighted by Crippen LogP contribution is 2.60. The summed E-state index contributed by atoms with van der Waals surface area (Å²) in [5.74, 6) is 4.55. The molecule has 0 amide bonds. The Morgan fingerprint density at radius 1 is 1.10 bits per heavy atom. The average Bonchev–Trinajstić information content (AvgIpc) is 2.36. The number of rotatable bonds is 3. The maximum atomic E-state index is 6.06. The molecule has 20 heavy (non-hydrogen) atoms. The third kappa shape index (κ3) is 1.94. The van der Waals surface area contributed by atoms with Gasteiger partial charge >= 0.3 is 0 Å². The third-order valence-corrected chi connectivity index (χ3v) is 5.82. The Labute approximate surface area is 121 Å². The van der Waals surface area contributed by atoms with Crippen LogP contribution in [0.25, 0.3) is 0 Å². The summed E-state index contributed by atoms with van der Waals surface area (Å²) in [6.45, 7) is 2.20. The molecule has 4 fully saturated rings. The highest BCUT2D eigenvalue weighted by molar-refractivity contribution is 5.33. The van der Waals surface area contributed by atoms with Crippen LogP contribution in [0.1, 0.15) is 63.4 Å². The summed E-state index contributed by atoms with van der Waals surface area (Å²) in [5, 5.41) is 0. The molecular weight excluding hydrogens is 246 g/mol. The van der Waals surface area contributed by atoms with E-state index in [1.807, 2.05) is 6.07 Å². The van der Waals surface area contributed by atoms with Crippen LogP contribution in [-0.2, 0) is 11.8 Å². The summed E-state index contributed by atoms with van der Waals surface area (Å²) in [6, 6.07) is 1.97. The van der Waals surface area contributed by atoms with E-state index in [2.05, 4.69) is 11.9 Å². The Balaban J connectivity index is 1.73. The van der Waals surface area contributed by atoms with Crippen molar-refractivity contribution in [1.29, 1.82) is 0 Å². The van der Waals surface area contributed by atoms with E-state index in [9.17, 15) is 0 Å². The maximum Gasteiger partial charge on any atom is 0.137 e. The highest BCUT2D eigenvalue weighted by Gasteiger charge is 2.53. The number of nitrogen functional groups attached to an aromatic ring is 1. The Kier molecular flexibility index (Phi) is 2.80. The molecule has 0 atom stereocenters. The largest absolute Gasteiger partial charge is 0.384 e. The first-order chi connectivity index (χ1) is 9.67. The molecule has 0 radical (unpaired) electrons. The van der Waals surface area contributed by atoms with Gasteiger partial charge in [0.1, 0.15) is 11.6 Å². The quantitative estimate of drug-likeness (QED) is 0.915. The van der Waals surface area contributed by atoms with Gasteiger partial charge in [-0.15, -0.1) is 0 Å². The van der Waals surface area contributed by atoms with Crippen molar-refractivity contribution in [1.82, 2.24) is 9.97 Å². The van der Waals surface area contributed by atoms with Gasteiger partial charge in [-0.05, 0) is 62.7 Å². The van der Waals surface area contributed by atoms with Crippen molar-refractivity contribution in [2.75, 3.05) is 5.73 Å². The second kappa shape index (κ2) is 4.44. The second-order valence-corrected chi connectivity index (χ2v) is 7.56. The normalized spacial score (nSPS) is 38.4. The van der Waals surface area contributed by atoms with Gasteiger partial charge in [0.05, 0.1) is 0 Å². The zero-order chi connectivity index (χ0) is 13.7. The molecule has 108 valence electrons. The number of hydrogen-bond acceptors (Lipinski definition) is 3. The molecular formula is C17H25N3. The van der Waals surface area contributed by atoms with Gasteiger partial charge in [0.25, 0.3) is 0 Å². The summed E-state index contributed by atoms with van der Waals surface area (Å²) in [7, 11) is 0. The summed E-state index contributed by atoms with van der Waals surface area (Å²) in [6.07, 6.45) is 10.5. The Morgan fingerprint density at radius 2 is 1.70 bits per heavy atom. The molecule has 1 heterocycles. The van der Waals surface area contributed by atoms with Crippen LogP contribution in [0.4, 0.5) is 5.82 Å². The predicted molar refractivity (Wildman–Crippen MR) is 80.3 cm³/mol. The standard InChI is InChI=1S/C17H25N3/c1-2-3-14-7-15(18)20-16(19-14)17-8-11-4-12(9-17)6-13(5-11)10-17/h7,11-13H,2-6,8-10H2,1H3,(H2,18,19,20). The summed E-state index contributed by atoms with van der Waals surface area (Å²) >= 11 is 0. The molecule has 0 unspecified atom stereocenters. The molecule has 5 rings (SSSR count). The van der Waals surface area contributed by atoms with Crippen LogP contribution >= 0.6 is 0 Å². The fourth-order valence-corrected chi connectivity index (χ4v) is 5.52. The van der Waals surface area contributed by atoms with Crippen molar-refractivity contribution >= 4 is 5.82 Å². The first kappa shape index (κ1) is 12.6. The van der Waals surface area contributed by atoms with Crippen LogP contribution in [0.5, 0.6) is 0 Å². The number of anilines is 1. The van der Waals surface area contributed by atoms with E-state index in [1.165, 1.54) is 38.5 Å². The van der Waals surface area contributed by atoms with Gasteiger partial charge in [0, 0.05) is 17.2 Å². The first-order valence-electron chi connectivity index (χ1n) is 8.31. The van der Waals surface area contributed by atoms with E-state index in [4.69, 9.17) is 10.7 Å². The van der Waals surface area contributed by atoms with Crippen LogP contribution in [0.15, 0.2) is 6.07 Å². The Hall–Kier alpha value is -1.12. The third-order valence-electron chi connectivity index (χ3n) is 5.82. The Morgan fingerprint density at radius 3 is 2.25 bits per heavy atom. The van der Waals surface area contributed by atoms with Gasteiger partial charge in [-0.25, -0.2) is 9.97 Å². The van der Waals surface area contributed by atoms with Crippen LogP contribution in [0.2, 0.25) is 0 Å².